The van der Waals surface area contributed by atoms with Crippen LogP contribution in [0.3, 0.4) is 0 Å². The quantitative estimate of drug-likeness (QED) is 0.143. The minimum Gasteiger partial charge on any atom is -0.465 e. The average molecular weight is 435 g/mol. The predicted molar refractivity (Wildman–Crippen MR) is 126 cm³/mol. The van der Waals surface area contributed by atoms with Crippen LogP contribution in [-0.4, -0.2) is 33.2 Å². The Morgan fingerprint density at radius 2 is 1.23 bits per heavy atom. The van der Waals surface area contributed by atoms with Crippen molar-refractivity contribution in [1.82, 2.24) is 0 Å². The molecule has 0 heterocycles. The zero-order valence-electron chi connectivity index (χ0n) is 19.8. The predicted octanol–water partition coefficient (Wildman–Crippen LogP) is 6.19. The topological polar surface area (TPSA) is 52.6 Å². The van der Waals surface area contributed by atoms with Crippen LogP contribution in [0.1, 0.15) is 63.5 Å². The highest BCUT2D eigenvalue weighted by atomic mass is 28.3. The first-order valence-electron chi connectivity index (χ1n) is 11.7. The fourth-order valence-corrected chi connectivity index (χ4v) is 4.83. The molecule has 1 rings (SSSR count). The third kappa shape index (κ3) is 11.5. The Bertz CT molecular complexity index is 601. The molecule has 0 atom stereocenters. The molecule has 170 valence electrons. The normalized spacial score (nSPS) is 11.5. The van der Waals surface area contributed by atoms with E-state index in [1.54, 1.807) is 13.8 Å². The second-order valence-corrected chi connectivity index (χ2v) is 14.9. The van der Waals surface area contributed by atoms with E-state index in [1.165, 1.54) is 43.7 Å². The van der Waals surface area contributed by atoms with Crippen molar-refractivity contribution in [2.45, 2.75) is 90.9 Å². The highest BCUT2D eigenvalue weighted by Gasteiger charge is 2.29. The van der Waals surface area contributed by atoms with Crippen molar-refractivity contribution in [2.24, 2.45) is 5.92 Å². The van der Waals surface area contributed by atoms with Gasteiger partial charge in [-0.05, 0) is 50.7 Å². The lowest BCUT2D eigenvalue weighted by atomic mass is 9.98. The van der Waals surface area contributed by atoms with Crippen molar-refractivity contribution in [1.29, 1.82) is 0 Å². The molecule has 0 saturated carbocycles. The number of aryl methyl sites for hydroxylation is 2. The molecule has 0 spiro atoms. The van der Waals surface area contributed by atoms with E-state index in [0.717, 1.165) is 12.0 Å². The van der Waals surface area contributed by atoms with Gasteiger partial charge in [-0.15, -0.1) is 0 Å². The number of ether oxygens (including phenoxy) is 2. The van der Waals surface area contributed by atoms with Crippen LogP contribution < -0.4 is 0 Å². The second kappa shape index (κ2) is 14.4. The van der Waals surface area contributed by atoms with Crippen LogP contribution >= 0.6 is 0 Å². The molecule has 1 aromatic carbocycles. The highest BCUT2D eigenvalue weighted by Crippen LogP contribution is 2.17. The van der Waals surface area contributed by atoms with Gasteiger partial charge in [0.15, 0.2) is 5.92 Å². The van der Waals surface area contributed by atoms with E-state index in [0.29, 0.717) is 12.8 Å². The zero-order valence-corrected chi connectivity index (χ0v) is 20.8. The molecule has 0 bridgehead atoms. The molecule has 30 heavy (non-hydrogen) atoms. The van der Waals surface area contributed by atoms with E-state index in [2.05, 4.69) is 43.9 Å². The van der Waals surface area contributed by atoms with Gasteiger partial charge in [0.05, 0.1) is 13.2 Å². The molecule has 5 heteroatoms. The van der Waals surface area contributed by atoms with E-state index in [9.17, 15) is 9.59 Å². The van der Waals surface area contributed by atoms with Gasteiger partial charge in [-0.2, -0.15) is 0 Å². The molecule has 0 aliphatic carbocycles. The van der Waals surface area contributed by atoms with Gasteiger partial charge in [-0.3, -0.25) is 9.59 Å². The minimum absolute atomic E-state index is 0.266. The number of rotatable bonds is 15. The van der Waals surface area contributed by atoms with Crippen LogP contribution in [0.15, 0.2) is 24.3 Å². The lowest BCUT2D eigenvalue weighted by Gasteiger charge is -2.15. The number of esters is 2. The maximum absolute atomic E-state index is 12.1. The summed E-state index contributed by atoms with van der Waals surface area (Å²) >= 11 is 0. The fourth-order valence-electron chi connectivity index (χ4n) is 3.52. The van der Waals surface area contributed by atoms with Crippen LogP contribution in [0.4, 0.5) is 0 Å². The Morgan fingerprint density at radius 1 is 0.767 bits per heavy atom. The number of hydrogen-bond donors (Lipinski definition) is 0. The third-order valence-corrected chi connectivity index (χ3v) is 7.13. The summed E-state index contributed by atoms with van der Waals surface area (Å²) < 4.78 is 10.1. The maximum Gasteiger partial charge on any atom is 0.320 e. The van der Waals surface area contributed by atoms with Gasteiger partial charge in [0.2, 0.25) is 0 Å². The Balaban J connectivity index is 2.37. The van der Waals surface area contributed by atoms with E-state index < -0.39 is 25.9 Å². The van der Waals surface area contributed by atoms with Gasteiger partial charge in [0, 0.05) is 8.07 Å². The molecule has 0 aliphatic rings. The van der Waals surface area contributed by atoms with Crippen LogP contribution in [0.2, 0.25) is 25.7 Å². The van der Waals surface area contributed by atoms with Crippen molar-refractivity contribution >= 4 is 20.0 Å². The first-order chi connectivity index (χ1) is 14.3. The van der Waals surface area contributed by atoms with Gasteiger partial charge in [0.25, 0.3) is 0 Å². The lowest BCUT2D eigenvalue weighted by Crippen LogP contribution is -2.28. The Hall–Kier alpha value is -1.62. The first kappa shape index (κ1) is 26.4. The molecule has 0 radical (unpaired) electrons. The zero-order chi connectivity index (χ0) is 22.4. The van der Waals surface area contributed by atoms with E-state index >= 15 is 0 Å². The second-order valence-electron chi connectivity index (χ2n) is 9.24. The number of unbranched alkanes of at least 4 members (excludes halogenated alkanes) is 4. The molecule has 0 N–H and O–H groups in total. The van der Waals surface area contributed by atoms with Gasteiger partial charge < -0.3 is 9.47 Å². The molecular weight excluding hydrogens is 392 g/mol. The molecule has 0 unspecified atom stereocenters. The summed E-state index contributed by atoms with van der Waals surface area (Å²) in [6.07, 6.45) is 8.81. The highest BCUT2D eigenvalue weighted by molar-refractivity contribution is 6.76. The molecule has 4 nitrogen and oxygen atoms in total. The maximum atomic E-state index is 12.1. The largest absolute Gasteiger partial charge is 0.465 e. The van der Waals surface area contributed by atoms with Crippen LogP contribution in [0, 0.1) is 5.92 Å². The molecule has 0 saturated heterocycles. The fraction of sp³-hybridized carbons (Fsp3) is 0.680. The van der Waals surface area contributed by atoms with Crippen molar-refractivity contribution < 1.29 is 19.1 Å². The standard InChI is InChI=1S/C25H42O4Si/c1-6-28-24(26)23(25(27)29-7-2)19-18-22-16-14-21(15-17-22)13-11-9-8-10-12-20-30(3,4)5/h14-17,23H,6-13,18-20H2,1-5H3. The number of benzene rings is 1. The van der Waals surface area contributed by atoms with Crippen molar-refractivity contribution in [2.75, 3.05) is 13.2 Å². The Kier molecular flexibility index (Phi) is 12.7. The van der Waals surface area contributed by atoms with E-state index in [1.807, 2.05) is 0 Å². The monoisotopic (exact) mass is 434 g/mol. The summed E-state index contributed by atoms with van der Waals surface area (Å²) in [6.45, 7) is 11.4. The van der Waals surface area contributed by atoms with Gasteiger partial charge in [0.1, 0.15) is 0 Å². The number of hydrogen-bond acceptors (Lipinski definition) is 4. The first-order valence-corrected chi connectivity index (χ1v) is 15.4. The van der Waals surface area contributed by atoms with Crippen LogP contribution in [0.5, 0.6) is 0 Å². The van der Waals surface area contributed by atoms with Crippen LogP contribution in [-0.2, 0) is 31.9 Å². The molecule has 0 amide bonds. The summed E-state index contributed by atoms with van der Waals surface area (Å²) in [5, 5.41) is 0. The van der Waals surface area contributed by atoms with E-state index in [4.69, 9.17) is 9.47 Å². The smallest absolute Gasteiger partial charge is 0.320 e. The Labute approximate surface area is 184 Å². The van der Waals surface area contributed by atoms with Gasteiger partial charge >= 0.3 is 11.9 Å². The van der Waals surface area contributed by atoms with Gasteiger partial charge in [-0.25, -0.2) is 0 Å². The van der Waals surface area contributed by atoms with Crippen molar-refractivity contribution in [3.63, 3.8) is 0 Å². The molecule has 0 aromatic heterocycles. The lowest BCUT2D eigenvalue weighted by molar-refractivity contribution is -0.161. The molecular formula is C25H42O4Si. The summed E-state index contributed by atoms with van der Waals surface area (Å²) in [6, 6.07) is 10.0. The Morgan fingerprint density at radius 3 is 1.73 bits per heavy atom. The number of carbonyl (C=O) groups excluding carboxylic acids is 2. The van der Waals surface area contributed by atoms with Crippen molar-refractivity contribution in [3.8, 4) is 0 Å². The van der Waals surface area contributed by atoms with E-state index in [-0.39, 0.29) is 13.2 Å². The molecule has 0 fully saturated rings. The summed E-state index contributed by atoms with van der Waals surface area (Å²) in [5.74, 6) is -1.82. The van der Waals surface area contributed by atoms with Gasteiger partial charge in [-0.1, -0.05) is 75.6 Å². The summed E-state index contributed by atoms with van der Waals surface area (Å²) in [5.41, 5.74) is 2.48. The average Bonchev–Trinajstić information content (AvgIpc) is 2.68. The minimum atomic E-state index is -0.871. The third-order valence-electron chi connectivity index (χ3n) is 5.28. The van der Waals surface area contributed by atoms with Crippen LogP contribution in [0.25, 0.3) is 0 Å². The SMILES string of the molecule is CCOC(=O)C(CCc1ccc(CCCCCCC[Si](C)(C)C)cc1)C(=O)OCC. The molecule has 1 aromatic rings. The summed E-state index contributed by atoms with van der Waals surface area (Å²) in [7, 11) is -0.871. The summed E-state index contributed by atoms with van der Waals surface area (Å²) in [4.78, 5) is 24.2. The van der Waals surface area contributed by atoms with Crippen molar-refractivity contribution in [3.05, 3.63) is 35.4 Å². The molecule has 0 aliphatic heterocycles. The number of carbonyl (C=O) groups is 2.